The fourth-order valence-corrected chi connectivity index (χ4v) is 12.5. The van der Waals surface area contributed by atoms with Crippen molar-refractivity contribution in [2.45, 2.75) is 68.6 Å². The molecule has 2 amide bonds. The predicted molar refractivity (Wildman–Crippen MR) is 288 cm³/mol. The van der Waals surface area contributed by atoms with E-state index in [4.69, 9.17) is 38.9 Å². The maximum atomic E-state index is 13.5. The zero-order chi connectivity index (χ0) is 52.1. The Balaban J connectivity index is 0.000000143. The molecule has 0 bridgehead atoms. The highest BCUT2D eigenvalue weighted by atomic mass is 16.5. The van der Waals surface area contributed by atoms with Crippen LogP contribution in [0, 0.1) is 23.7 Å². The first-order valence-corrected chi connectivity index (χ1v) is 26.7. The number of anilines is 2. The Morgan fingerprint density at radius 3 is 1.65 bits per heavy atom. The smallest absolute Gasteiger partial charge is 0.257 e. The number of pyridine rings is 2. The van der Waals surface area contributed by atoms with Crippen LogP contribution in [-0.2, 0) is 25.5 Å². The molecular formula is C57H60N14O6. The van der Waals surface area contributed by atoms with Crippen LogP contribution in [0.5, 0.6) is 0 Å². The third-order valence-electron chi connectivity index (χ3n) is 17.2. The molecule has 2 saturated heterocycles. The van der Waals surface area contributed by atoms with Gasteiger partial charge in [0.25, 0.3) is 11.8 Å². The molecule has 2 aliphatic heterocycles. The van der Waals surface area contributed by atoms with Gasteiger partial charge in [-0.1, -0.05) is 30.3 Å². The number of aromatic nitrogens is 10. The number of rotatable bonds is 14. The van der Waals surface area contributed by atoms with Crippen LogP contribution in [0.4, 0.5) is 11.6 Å². The molecule has 394 valence electrons. The van der Waals surface area contributed by atoms with Crippen molar-refractivity contribution in [2.75, 3.05) is 65.0 Å². The molecule has 4 saturated carbocycles. The molecule has 20 heteroatoms. The van der Waals surface area contributed by atoms with Gasteiger partial charge in [0.2, 0.25) is 0 Å². The zero-order valence-corrected chi connectivity index (χ0v) is 43.3. The van der Waals surface area contributed by atoms with Gasteiger partial charge in [0, 0.05) is 129 Å². The summed E-state index contributed by atoms with van der Waals surface area (Å²) in [6.45, 7) is 3.90. The quantitative estimate of drug-likeness (QED) is 0.105. The Hall–Kier alpha value is -7.78. The Kier molecular flexibility index (Phi) is 11.8. The van der Waals surface area contributed by atoms with Gasteiger partial charge in [-0.25, -0.2) is 19.9 Å². The number of methoxy groups -OCH3 is 2. The van der Waals surface area contributed by atoms with Gasteiger partial charge < -0.3 is 48.9 Å². The van der Waals surface area contributed by atoms with E-state index in [-0.39, 0.29) is 36.1 Å². The van der Waals surface area contributed by atoms with Crippen LogP contribution < -0.4 is 20.9 Å². The van der Waals surface area contributed by atoms with Gasteiger partial charge in [-0.15, -0.1) is 0 Å². The van der Waals surface area contributed by atoms with Gasteiger partial charge in [0.15, 0.2) is 11.3 Å². The number of fused-ring (bicyclic) bond motifs is 6. The second-order valence-corrected chi connectivity index (χ2v) is 21.4. The van der Waals surface area contributed by atoms with Crippen molar-refractivity contribution in [2.24, 2.45) is 23.7 Å². The number of carbonyl (C=O) groups is 2. The second-order valence-electron chi connectivity index (χ2n) is 21.4. The number of nitrogens with zero attached hydrogens (tertiary/aromatic N) is 11. The summed E-state index contributed by atoms with van der Waals surface area (Å²) in [5.41, 5.74) is 8.55. The van der Waals surface area contributed by atoms with E-state index < -0.39 is 0 Å². The number of hydrogen-bond acceptors (Lipinski definition) is 14. The monoisotopic (exact) mass is 1040 g/mol. The minimum atomic E-state index is -0.187. The molecule has 6 aliphatic rings. The Morgan fingerprint density at radius 2 is 1.16 bits per heavy atom. The van der Waals surface area contributed by atoms with Crippen LogP contribution in [-0.4, -0.2) is 139 Å². The van der Waals surface area contributed by atoms with Crippen molar-refractivity contribution in [3.63, 3.8) is 0 Å². The van der Waals surface area contributed by atoms with Crippen LogP contribution >= 0.6 is 0 Å². The molecule has 4 aliphatic carbocycles. The number of hydrogen-bond donors (Lipinski definition) is 3. The van der Waals surface area contributed by atoms with Gasteiger partial charge in [0.05, 0.1) is 74.5 Å². The topological polar surface area (TPSA) is 206 Å². The van der Waals surface area contributed by atoms with Gasteiger partial charge in [0.1, 0.15) is 34.1 Å². The summed E-state index contributed by atoms with van der Waals surface area (Å²) in [7, 11) is 7.25. The fourth-order valence-electron chi connectivity index (χ4n) is 12.5. The average Bonchev–Trinajstić information content (AvgIpc) is 4.24. The van der Waals surface area contributed by atoms with Crippen LogP contribution in [0.15, 0.2) is 104 Å². The Bertz CT molecular complexity index is 3720. The van der Waals surface area contributed by atoms with E-state index in [0.717, 1.165) is 108 Å². The fraction of sp³-hybridized carbons (Fsp3) is 0.404. The average molecular weight is 1040 g/mol. The molecule has 10 atom stereocenters. The van der Waals surface area contributed by atoms with Crippen molar-refractivity contribution in [3.05, 3.63) is 121 Å². The molecule has 0 spiro atoms. The SMILES string of the molecule is CNc1cc(-c2cn(C3[C@H]4COC[C@@H]34)c3ncccc23)nc2c(C(=O)NC3CC[C@@H]3OC)cnn12.CO[C@H]1CCC1NC(=O)c1cnn2c(N(C)Cc3ccccc3)cc(-c3cn(C4[C@H]5COC[C@@H]45)c4ncccc34)nc12. The number of ether oxygens (including phenoxy) is 4. The van der Waals surface area contributed by atoms with E-state index in [0.29, 0.717) is 64.7 Å². The van der Waals surface area contributed by atoms with E-state index in [2.05, 4.69) is 82.9 Å². The minimum absolute atomic E-state index is 0.00752. The van der Waals surface area contributed by atoms with Crippen LogP contribution in [0.3, 0.4) is 0 Å². The highest BCUT2D eigenvalue weighted by molar-refractivity contribution is 6.02. The first-order chi connectivity index (χ1) is 37.8. The molecule has 10 heterocycles. The van der Waals surface area contributed by atoms with Crippen molar-refractivity contribution in [1.82, 2.24) is 58.9 Å². The van der Waals surface area contributed by atoms with Gasteiger partial charge in [-0.2, -0.15) is 19.2 Å². The Labute approximate surface area is 443 Å². The number of amides is 2. The summed E-state index contributed by atoms with van der Waals surface area (Å²) in [5.74, 6) is 3.40. The molecule has 9 aromatic rings. The third-order valence-corrected chi connectivity index (χ3v) is 17.2. The highest BCUT2D eigenvalue weighted by Gasteiger charge is 2.56. The molecule has 0 radical (unpaired) electrons. The minimum Gasteiger partial charge on any atom is -0.381 e. The largest absolute Gasteiger partial charge is 0.381 e. The molecule has 3 N–H and O–H groups in total. The molecule has 8 aromatic heterocycles. The maximum Gasteiger partial charge on any atom is 0.257 e. The lowest BCUT2D eigenvalue weighted by Crippen LogP contribution is -2.51. The zero-order valence-electron chi connectivity index (χ0n) is 43.3. The Morgan fingerprint density at radius 1 is 0.649 bits per heavy atom. The summed E-state index contributed by atoms with van der Waals surface area (Å²) in [6, 6.07) is 23.3. The van der Waals surface area contributed by atoms with Crippen molar-refractivity contribution in [1.29, 1.82) is 0 Å². The van der Waals surface area contributed by atoms with E-state index in [1.54, 1.807) is 35.6 Å². The maximum absolute atomic E-state index is 13.5. The molecule has 77 heavy (non-hydrogen) atoms. The lowest BCUT2D eigenvalue weighted by molar-refractivity contribution is 0.00731. The lowest BCUT2D eigenvalue weighted by atomic mass is 9.89. The standard InChI is InChI=1S/C32H33N7O3.C25H27N7O3/c1-37(15-19-7-4-3-5-8-19)28-13-26(35-31-21(14-34-39(28)31)32(40)36-25-10-11-27(25)41-2)22-16-38(29-23-17-42-18-24(23)29)30-20(22)9-6-12-33-30;1-26-21-8-19(29-24-14(9-28-32(21)24)25(33)30-18-5-6-20(18)34-2)15-10-31(22-16-11-35-12-17(16)22)23-13(15)4-3-7-27-23/h3-9,12-14,16,23-25,27,29H,10-11,15,17-18H2,1-2H3,(H,36,40);3-4,7-10,16-18,20,22,26H,5-6,11-12H2,1-2H3,(H,30,33)/t23-,24+,25?,27-,29?;16-,17+,18?,20-,22?/m00/s1. The molecule has 15 rings (SSSR count). The van der Waals surface area contributed by atoms with Crippen LogP contribution in [0.1, 0.15) is 64.0 Å². The van der Waals surface area contributed by atoms with Crippen molar-refractivity contribution >= 4 is 56.8 Å². The summed E-state index contributed by atoms with van der Waals surface area (Å²) in [5, 5.41) is 20.6. The van der Waals surface area contributed by atoms with Crippen molar-refractivity contribution in [3.8, 4) is 22.5 Å². The molecule has 6 fully saturated rings. The lowest BCUT2D eigenvalue weighted by Gasteiger charge is -2.35. The molecular weight excluding hydrogens is 977 g/mol. The second kappa shape index (κ2) is 19.0. The summed E-state index contributed by atoms with van der Waals surface area (Å²) in [6.07, 6.45) is 15.0. The first kappa shape index (κ1) is 47.7. The van der Waals surface area contributed by atoms with Crippen molar-refractivity contribution < 1.29 is 28.5 Å². The summed E-state index contributed by atoms with van der Waals surface area (Å²) in [4.78, 5) is 48.4. The highest BCUT2D eigenvalue weighted by Crippen LogP contribution is 2.57. The molecule has 1 aromatic carbocycles. The van der Waals surface area contributed by atoms with Crippen LogP contribution in [0.25, 0.3) is 55.9 Å². The van der Waals surface area contributed by atoms with Crippen LogP contribution in [0.2, 0.25) is 0 Å². The van der Waals surface area contributed by atoms with E-state index >= 15 is 0 Å². The van der Waals surface area contributed by atoms with Gasteiger partial charge >= 0.3 is 0 Å². The number of nitrogens with one attached hydrogen (secondary N) is 3. The predicted octanol–water partition coefficient (Wildman–Crippen LogP) is 6.62. The normalized spacial score (nSPS) is 25.7. The van der Waals surface area contributed by atoms with E-state index in [9.17, 15) is 9.59 Å². The summed E-state index contributed by atoms with van der Waals surface area (Å²) >= 11 is 0. The van der Waals surface area contributed by atoms with Gasteiger partial charge in [-0.3, -0.25) is 9.59 Å². The van der Waals surface area contributed by atoms with E-state index in [1.807, 2.05) is 62.9 Å². The number of benzene rings is 1. The molecule has 20 nitrogen and oxygen atoms in total. The van der Waals surface area contributed by atoms with E-state index in [1.165, 1.54) is 5.56 Å². The third kappa shape index (κ3) is 8.10. The summed E-state index contributed by atoms with van der Waals surface area (Å²) < 4.78 is 30.3. The molecule has 4 unspecified atom stereocenters. The first-order valence-electron chi connectivity index (χ1n) is 26.7. The number of carbonyl (C=O) groups excluding carboxylic acids is 2. The van der Waals surface area contributed by atoms with Gasteiger partial charge in [-0.05, 0) is 55.5 Å².